The van der Waals surface area contributed by atoms with Gasteiger partial charge in [-0.05, 0) is 11.6 Å². The van der Waals surface area contributed by atoms with Crippen molar-refractivity contribution < 1.29 is 4.79 Å². The van der Waals surface area contributed by atoms with E-state index in [0.29, 0.717) is 6.42 Å². The number of nitrogens with zero attached hydrogens (tertiary/aromatic N) is 1. The predicted molar refractivity (Wildman–Crippen MR) is 74.4 cm³/mol. The third kappa shape index (κ3) is 1.79. The number of hydrogen-bond acceptors (Lipinski definition) is 3. The Morgan fingerprint density at radius 3 is 2.78 bits per heavy atom. The van der Waals surface area contributed by atoms with E-state index in [9.17, 15) is 4.79 Å². The maximum atomic E-state index is 12.1. The zero-order chi connectivity index (χ0) is 12.7. The average molecular weight is 257 g/mol. The first kappa shape index (κ1) is 11.6. The maximum Gasteiger partial charge on any atom is 0.164 e. The molecule has 1 aromatic carbocycles. The summed E-state index contributed by atoms with van der Waals surface area (Å²) < 4.78 is 0. The molecule has 2 nitrogen and oxygen atoms in total. The van der Waals surface area contributed by atoms with Crippen LogP contribution in [0.4, 0.5) is 0 Å². The van der Waals surface area contributed by atoms with Crippen LogP contribution in [0.15, 0.2) is 51.4 Å². The van der Waals surface area contributed by atoms with Crippen molar-refractivity contribution in [2.45, 2.75) is 17.7 Å². The summed E-state index contributed by atoms with van der Waals surface area (Å²) in [4.78, 5) is 16.6. The molecule has 0 saturated heterocycles. The monoisotopic (exact) mass is 257 g/mol. The van der Waals surface area contributed by atoms with Crippen LogP contribution in [0.25, 0.3) is 0 Å². The van der Waals surface area contributed by atoms with Gasteiger partial charge in [0.25, 0.3) is 0 Å². The summed E-state index contributed by atoms with van der Waals surface area (Å²) in [5, 5.41) is 0. The largest absolute Gasteiger partial charge is 0.377 e. The Morgan fingerprint density at radius 2 is 2.00 bits per heavy atom. The Bertz CT molecular complexity index is 584. The van der Waals surface area contributed by atoms with Gasteiger partial charge in [0, 0.05) is 48.0 Å². The van der Waals surface area contributed by atoms with Gasteiger partial charge in [-0.25, -0.2) is 0 Å². The van der Waals surface area contributed by atoms with E-state index in [4.69, 9.17) is 0 Å². The van der Waals surface area contributed by atoms with Gasteiger partial charge in [-0.3, -0.25) is 4.79 Å². The maximum absolute atomic E-state index is 12.1. The number of hydrogen-bond donors (Lipinski definition) is 0. The van der Waals surface area contributed by atoms with Crippen LogP contribution in [0.3, 0.4) is 0 Å². The zero-order valence-electron chi connectivity index (χ0n) is 10.6. The van der Waals surface area contributed by atoms with Gasteiger partial charge in [0.05, 0.1) is 0 Å². The minimum absolute atomic E-state index is 0.276. The number of benzene rings is 1. The fraction of sp³-hybridized carbons (Fsp3) is 0.267. The third-order valence-corrected chi connectivity index (χ3v) is 4.64. The molecular formula is C15H15NOS. The molecule has 0 spiro atoms. The van der Waals surface area contributed by atoms with E-state index in [1.165, 1.54) is 16.2 Å². The molecule has 0 radical (unpaired) electrons. The van der Waals surface area contributed by atoms with Crippen LogP contribution >= 0.6 is 11.8 Å². The van der Waals surface area contributed by atoms with E-state index in [1.807, 2.05) is 26.2 Å². The molecule has 1 aliphatic heterocycles. The fourth-order valence-corrected chi connectivity index (χ4v) is 3.73. The predicted octanol–water partition coefficient (Wildman–Crippen LogP) is 3.01. The Kier molecular flexibility index (Phi) is 2.78. The summed E-state index contributed by atoms with van der Waals surface area (Å²) in [5.74, 6) is 0.276. The molecule has 2 aliphatic rings. The number of ketones is 1. The molecule has 0 atom stereocenters. The molecule has 18 heavy (non-hydrogen) atoms. The van der Waals surface area contributed by atoms with Crippen molar-refractivity contribution in [1.29, 1.82) is 0 Å². The SMILES string of the molecule is CN(C)C1=CCC(=O)C2=C1Sc1ccccc1C2. The molecule has 1 aliphatic carbocycles. The van der Waals surface area contributed by atoms with Crippen molar-refractivity contribution in [3.63, 3.8) is 0 Å². The highest BCUT2D eigenvalue weighted by Crippen LogP contribution is 2.44. The highest BCUT2D eigenvalue weighted by atomic mass is 32.2. The number of rotatable bonds is 1. The highest BCUT2D eigenvalue weighted by Gasteiger charge is 2.28. The van der Waals surface area contributed by atoms with Gasteiger partial charge in [0.2, 0.25) is 0 Å². The van der Waals surface area contributed by atoms with Gasteiger partial charge in [0.1, 0.15) is 0 Å². The summed E-state index contributed by atoms with van der Waals surface area (Å²) in [7, 11) is 4.07. The third-order valence-electron chi connectivity index (χ3n) is 3.36. The second kappa shape index (κ2) is 4.32. The number of carbonyl (C=O) groups is 1. The minimum Gasteiger partial charge on any atom is -0.377 e. The van der Waals surface area contributed by atoms with E-state index in [1.54, 1.807) is 11.8 Å². The first-order valence-corrected chi connectivity index (χ1v) is 6.88. The second-order valence-electron chi connectivity index (χ2n) is 4.81. The first-order chi connectivity index (χ1) is 8.66. The highest BCUT2D eigenvalue weighted by molar-refractivity contribution is 8.03. The van der Waals surface area contributed by atoms with Crippen LogP contribution in [-0.2, 0) is 11.2 Å². The molecular weight excluding hydrogens is 242 g/mol. The molecule has 0 bridgehead atoms. The number of allylic oxidation sites excluding steroid dienone is 2. The topological polar surface area (TPSA) is 20.3 Å². The molecule has 0 unspecified atom stereocenters. The van der Waals surface area contributed by atoms with Gasteiger partial charge in [0.15, 0.2) is 5.78 Å². The molecule has 0 N–H and O–H groups in total. The number of carbonyl (C=O) groups excluding carboxylic acids is 1. The van der Waals surface area contributed by atoms with Gasteiger partial charge in [-0.1, -0.05) is 36.0 Å². The molecule has 3 heteroatoms. The molecule has 0 fully saturated rings. The van der Waals surface area contributed by atoms with Gasteiger partial charge in [-0.15, -0.1) is 0 Å². The lowest BCUT2D eigenvalue weighted by Crippen LogP contribution is -2.22. The lowest BCUT2D eigenvalue weighted by atomic mass is 9.94. The van der Waals surface area contributed by atoms with Crippen LogP contribution < -0.4 is 0 Å². The van der Waals surface area contributed by atoms with Crippen LogP contribution in [-0.4, -0.2) is 24.8 Å². The molecule has 0 aromatic heterocycles. The van der Waals surface area contributed by atoms with Crippen molar-refractivity contribution >= 4 is 17.5 Å². The lowest BCUT2D eigenvalue weighted by molar-refractivity contribution is -0.115. The van der Waals surface area contributed by atoms with Crippen molar-refractivity contribution in [1.82, 2.24) is 4.90 Å². The zero-order valence-corrected chi connectivity index (χ0v) is 11.4. The summed E-state index contributed by atoms with van der Waals surface area (Å²) in [6, 6.07) is 8.35. The van der Waals surface area contributed by atoms with Crippen molar-refractivity contribution in [3.8, 4) is 0 Å². The van der Waals surface area contributed by atoms with Crippen LogP contribution in [0, 0.1) is 0 Å². The number of thioether (sulfide) groups is 1. The second-order valence-corrected chi connectivity index (χ2v) is 5.86. The Morgan fingerprint density at radius 1 is 1.22 bits per heavy atom. The van der Waals surface area contributed by atoms with E-state index < -0.39 is 0 Å². The van der Waals surface area contributed by atoms with Crippen molar-refractivity contribution in [2.24, 2.45) is 0 Å². The lowest BCUT2D eigenvalue weighted by Gasteiger charge is -2.29. The van der Waals surface area contributed by atoms with E-state index >= 15 is 0 Å². The molecule has 1 aromatic rings. The van der Waals surface area contributed by atoms with Crippen molar-refractivity contribution in [3.05, 3.63) is 52.1 Å². The summed E-state index contributed by atoms with van der Waals surface area (Å²) in [6.07, 6.45) is 3.36. The van der Waals surface area contributed by atoms with Crippen LogP contribution in [0.2, 0.25) is 0 Å². The summed E-state index contributed by atoms with van der Waals surface area (Å²) in [5.41, 5.74) is 3.45. The first-order valence-electron chi connectivity index (χ1n) is 6.07. The Hall–Kier alpha value is -1.48. The summed E-state index contributed by atoms with van der Waals surface area (Å²) >= 11 is 1.73. The minimum atomic E-state index is 0.276. The normalized spacial score (nSPS) is 18.1. The van der Waals surface area contributed by atoms with E-state index in [0.717, 1.165) is 16.9 Å². The van der Waals surface area contributed by atoms with Gasteiger partial charge in [-0.2, -0.15) is 0 Å². The van der Waals surface area contributed by atoms with Crippen LogP contribution in [0.5, 0.6) is 0 Å². The van der Waals surface area contributed by atoms with E-state index in [-0.39, 0.29) is 5.78 Å². The van der Waals surface area contributed by atoms with E-state index in [2.05, 4.69) is 23.1 Å². The molecule has 3 rings (SSSR count). The standard InChI is InChI=1S/C15H15NOS/c1-16(2)12-7-8-13(17)11-9-10-5-3-4-6-14(10)18-15(11)12/h3-7H,8-9H2,1-2H3. The Labute approximate surface area is 111 Å². The number of fused-ring (bicyclic) bond motifs is 1. The molecule has 0 saturated carbocycles. The summed E-state index contributed by atoms with van der Waals surface area (Å²) in [6.45, 7) is 0. The van der Waals surface area contributed by atoms with Crippen molar-refractivity contribution in [2.75, 3.05) is 14.1 Å². The van der Waals surface area contributed by atoms with Gasteiger partial charge < -0.3 is 4.90 Å². The van der Waals surface area contributed by atoms with Crippen LogP contribution in [0.1, 0.15) is 12.0 Å². The Balaban J connectivity index is 2.08. The smallest absolute Gasteiger partial charge is 0.164 e. The fourth-order valence-electron chi connectivity index (χ4n) is 2.41. The quantitative estimate of drug-likeness (QED) is 0.771. The number of likely N-dealkylation sites (N-methyl/N-ethyl adjacent to an activating group) is 1. The molecule has 0 amide bonds. The van der Waals surface area contributed by atoms with Gasteiger partial charge >= 0.3 is 0 Å². The average Bonchev–Trinajstić information content (AvgIpc) is 2.37. The molecule has 1 heterocycles. The number of Topliss-reactive ketones (excluding diaryl/α,β-unsaturated/α-hetero) is 1. The molecule has 92 valence electrons.